The fourth-order valence-electron chi connectivity index (χ4n) is 3.72. The second-order valence-corrected chi connectivity index (χ2v) is 8.32. The minimum atomic E-state index is -0.919. The second kappa shape index (κ2) is 7.27. The van der Waals surface area contributed by atoms with Crippen molar-refractivity contribution < 1.29 is 8.78 Å². The highest BCUT2D eigenvalue weighted by atomic mass is 35.5. The highest BCUT2D eigenvalue weighted by Gasteiger charge is 2.44. The molecule has 4 rings (SSSR count). The van der Waals surface area contributed by atoms with Crippen LogP contribution in [0, 0.1) is 5.82 Å². The molecule has 0 amide bonds. The number of halogens is 4. The molecule has 2 heterocycles. The maximum atomic E-state index is 14.5. The first-order valence-corrected chi connectivity index (χ1v) is 9.92. The van der Waals surface area contributed by atoms with Gasteiger partial charge in [-0.1, -0.05) is 36.4 Å². The minimum Gasteiger partial charge on any atom is -0.373 e. The van der Waals surface area contributed by atoms with E-state index in [4.69, 9.17) is 23.2 Å². The third kappa shape index (κ3) is 3.50. The zero-order valence-corrected chi connectivity index (χ0v) is 17.0. The maximum absolute atomic E-state index is 14.5. The van der Waals surface area contributed by atoms with Gasteiger partial charge in [-0.05, 0) is 31.0 Å². The summed E-state index contributed by atoms with van der Waals surface area (Å²) < 4.78 is 30.2. The van der Waals surface area contributed by atoms with Crippen molar-refractivity contribution in [2.24, 2.45) is 0 Å². The van der Waals surface area contributed by atoms with Gasteiger partial charge in [-0.3, -0.25) is 4.79 Å². The summed E-state index contributed by atoms with van der Waals surface area (Å²) in [6, 6.07) is 4.83. The smallest absolute Gasteiger partial charge is 0.258 e. The highest BCUT2D eigenvalue weighted by Crippen LogP contribution is 2.39. The van der Waals surface area contributed by atoms with Crippen LogP contribution in [0.2, 0.25) is 0 Å². The van der Waals surface area contributed by atoms with E-state index in [9.17, 15) is 13.6 Å². The molecule has 29 heavy (non-hydrogen) atoms. The largest absolute Gasteiger partial charge is 0.373 e. The van der Waals surface area contributed by atoms with Crippen molar-refractivity contribution in [3.63, 3.8) is 0 Å². The van der Waals surface area contributed by atoms with E-state index in [1.807, 2.05) is 0 Å². The lowest BCUT2D eigenvalue weighted by atomic mass is 9.82. The zero-order valence-electron chi connectivity index (χ0n) is 15.5. The maximum Gasteiger partial charge on any atom is 0.258 e. The molecule has 1 aliphatic carbocycles. The Kier molecular flexibility index (Phi) is 5.05. The Morgan fingerprint density at radius 3 is 2.45 bits per heavy atom. The summed E-state index contributed by atoms with van der Waals surface area (Å²) in [6.45, 7) is 7.67. The third-order valence-electron chi connectivity index (χ3n) is 5.38. The van der Waals surface area contributed by atoms with Crippen LogP contribution in [0.1, 0.15) is 18.9 Å². The molecule has 0 radical (unpaired) electrons. The first kappa shape index (κ1) is 20.1. The van der Waals surface area contributed by atoms with Crippen molar-refractivity contribution in [3.05, 3.63) is 75.2 Å². The average Bonchev–Trinajstić information content (AvgIpc) is 3.47. The van der Waals surface area contributed by atoms with E-state index in [1.165, 1.54) is 10.8 Å². The molecule has 2 aromatic rings. The lowest BCUT2D eigenvalue weighted by Gasteiger charge is -2.45. The third-order valence-corrected chi connectivity index (χ3v) is 6.08. The van der Waals surface area contributed by atoms with Gasteiger partial charge in [-0.2, -0.15) is 0 Å². The summed E-state index contributed by atoms with van der Waals surface area (Å²) in [7, 11) is 0. The van der Waals surface area contributed by atoms with Gasteiger partial charge >= 0.3 is 0 Å². The van der Waals surface area contributed by atoms with Crippen LogP contribution in [-0.2, 0) is 0 Å². The molecule has 152 valence electrons. The van der Waals surface area contributed by atoms with Crippen LogP contribution in [-0.4, -0.2) is 23.2 Å². The summed E-state index contributed by atoms with van der Waals surface area (Å²) in [6.07, 6.45) is 3.00. The molecule has 1 saturated heterocycles. The molecule has 1 aliphatic heterocycles. The monoisotopic (exact) mass is 437 g/mol. The normalized spacial score (nSPS) is 18.8. The molecule has 0 spiro atoms. The van der Waals surface area contributed by atoms with Gasteiger partial charge in [0, 0.05) is 42.0 Å². The Hall–Kier alpha value is -2.15. The summed E-state index contributed by atoms with van der Waals surface area (Å²) in [5.74, 6) is -1.17. The van der Waals surface area contributed by atoms with Gasteiger partial charge in [0.15, 0.2) is 0 Å². The van der Waals surface area contributed by atoms with E-state index in [0.717, 1.165) is 12.8 Å². The van der Waals surface area contributed by atoms with Gasteiger partial charge in [-0.15, -0.1) is 0 Å². The summed E-state index contributed by atoms with van der Waals surface area (Å²) in [5, 5.41) is 6.81. The predicted molar refractivity (Wildman–Crippen MR) is 114 cm³/mol. The molecular formula is C21H19Cl2F2N3O. The topological polar surface area (TPSA) is 46.1 Å². The van der Waals surface area contributed by atoms with Crippen LogP contribution >= 0.6 is 23.2 Å². The molecule has 1 aromatic carbocycles. The van der Waals surface area contributed by atoms with Crippen molar-refractivity contribution in [1.29, 1.82) is 0 Å². The van der Waals surface area contributed by atoms with Gasteiger partial charge in [0.05, 0.1) is 21.0 Å². The lowest BCUT2D eigenvalue weighted by molar-refractivity contribution is 0.352. The SMILES string of the molecule is C=C(Cl)/C(Cl)=C(\C(=C)F)C1(Nc2ccc3c(F)cn(C4CC4)c(=O)c3c2)CNC1. The van der Waals surface area contributed by atoms with Gasteiger partial charge in [-0.25, -0.2) is 8.78 Å². The van der Waals surface area contributed by atoms with Crippen LogP contribution in [0.25, 0.3) is 10.8 Å². The molecule has 2 fully saturated rings. The van der Waals surface area contributed by atoms with E-state index in [1.54, 1.807) is 18.2 Å². The van der Waals surface area contributed by atoms with E-state index in [-0.39, 0.29) is 38.0 Å². The Balaban J connectivity index is 1.79. The standard InChI is InChI=1S/C21H19Cl2F2N3O/c1-11(22)19(23)18(12(2)24)21(9-26-10-21)27-13-3-6-15-16(7-13)20(29)28(8-17(15)25)14-4-5-14/h3,6-8,14,26-27H,1-2,4-5,9-10H2/b19-18-. The van der Waals surface area contributed by atoms with Crippen LogP contribution < -0.4 is 16.2 Å². The number of anilines is 1. The Morgan fingerprint density at radius 2 is 1.93 bits per heavy atom. The molecule has 4 nitrogen and oxygen atoms in total. The number of nitrogens with one attached hydrogen (secondary N) is 2. The van der Waals surface area contributed by atoms with Crippen LogP contribution in [0.4, 0.5) is 14.5 Å². The van der Waals surface area contributed by atoms with Crippen LogP contribution in [0.15, 0.2) is 63.8 Å². The number of aromatic nitrogens is 1. The molecule has 2 N–H and O–H groups in total. The fourth-order valence-corrected chi connectivity index (χ4v) is 4.10. The molecule has 8 heteroatoms. The quantitative estimate of drug-likeness (QED) is 0.627. The minimum absolute atomic E-state index is 0.00134. The lowest BCUT2D eigenvalue weighted by Crippen LogP contribution is -2.65. The number of allylic oxidation sites excluding steroid dienone is 2. The molecule has 0 atom stereocenters. The highest BCUT2D eigenvalue weighted by molar-refractivity contribution is 6.44. The van der Waals surface area contributed by atoms with Crippen molar-refractivity contribution in [3.8, 4) is 0 Å². The second-order valence-electron chi connectivity index (χ2n) is 7.49. The number of fused-ring (bicyclic) bond motifs is 1. The number of benzene rings is 1. The molecule has 1 saturated carbocycles. The molecule has 1 aromatic heterocycles. The number of pyridine rings is 1. The average molecular weight is 438 g/mol. The van der Waals surface area contributed by atoms with E-state index in [2.05, 4.69) is 23.8 Å². The Bertz CT molecular complexity index is 1130. The summed E-state index contributed by atoms with van der Waals surface area (Å²) >= 11 is 12.1. The number of hydrogen-bond acceptors (Lipinski definition) is 3. The number of rotatable bonds is 6. The summed E-state index contributed by atoms with van der Waals surface area (Å²) in [5.41, 5.74) is -0.525. The number of hydrogen-bond donors (Lipinski definition) is 2. The van der Waals surface area contributed by atoms with Gasteiger partial charge < -0.3 is 15.2 Å². The van der Waals surface area contributed by atoms with E-state index in [0.29, 0.717) is 18.8 Å². The Labute approximate surface area is 176 Å². The zero-order chi connectivity index (χ0) is 20.9. The van der Waals surface area contributed by atoms with Crippen LogP contribution in [0.3, 0.4) is 0 Å². The molecule has 0 unspecified atom stereocenters. The first-order valence-electron chi connectivity index (χ1n) is 9.16. The van der Waals surface area contributed by atoms with Crippen molar-refractivity contribution in [1.82, 2.24) is 9.88 Å². The number of nitrogens with zero attached hydrogens (tertiary/aromatic N) is 1. The molecular weight excluding hydrogens is 419 g/mol. The van der Waals surface area contributed by atoms with Gasteiger partial charge in [0.2, 0.25) is 0 Å². The predicted octanol–water partition coefficient (Wildman–Crippen LogP) is 4.96. The van der Waals surface area contributed by atoms with Crippen molar-refractivity contribution in [2.75, 3.05) is 18.4 Å². The molecule has 2 aliphatic rings. The van der Waals surface area contributed by atoms with Crippen molar-refractivity contribution >= 4 is 39.7 Å². The molecule has 0 bridgehead atoms. The van der Waals surface area contributed by atoms with Gasteiger partial charge in [0.25, 0.3) is 5.56 Å². The first-order chi connectivity index (χ1) is 13.7. The van der Waals surface area contributed by atoms with Crippen molar-refractivity contribution in [2.45, 2.75) is 24.4 Å². The van der Waals surface area contributed by atoms with Gasteiger partial charge in [0.1, 0.15) is 11.6 Å². The van der Waals surface area contributed by atoms with E-state index >= 15 is 0 Å². The van der Waals surface area contributed by atoms with Crippen LogP contribution in [0.5, 0.6) is 0 Å². The van der Waals surface area contributed by atoms with E-state index < -0.39 is 17.2 Å². The Morgan fingerprint density at radius 1 is 1.24 bits per heavy atom. The fraction of sp³-hybridized carbons (Fsp3) is 0.286. The summed E-state index contributed by atoms with van der Waals surface area (Å²) in [4.78, 5) is 12.8.